The van der Waals surface area contributed by atoms with Gasteiger partial charge in [-0.1, -0.05) is 13.8 Å². The number of likely N-dealkylation sites (N-methyl/N-ethyl adjacent to an activating group) is 1. The summed E-state index contributed by atoms with van der Waals surface area (Å²) < 4.78 is 0. The summed E-state index contributed by atoms with van der Waals surface area (Å²) in [6.45, 7) is 5.91. The number of hydrogen-bond acceptors (Lipinski definition) is 4. The van der Waals surface area contributed by atoms with E-state index in [1.165, 1.54) is 6.92 Å². The van der Waals surface area contributed by atoms with Crippen molar-refractivity contribution >= 4 is 12.0 Å². The molecule has 0 aliphatic carbocycles. The highest BCUT2D eigenvalue weighted by Gasteiger charge is 2.26. The van der Waals surface area contributed by atoms with Crippen molar-refractivity contribution in [2.24, 2.45) is 5.92 Å². The second-order valence-corrected chi connectivity index (χ2v) is 5.29. The molecule has 112 valence electrons. The van der Waals surface area contributed by atoms with E-state index in [4.69, 9.17) is 5.11 Å². The summed E-state index contributed by atoms with van der Waals surface area (Å²) in [7, 11) is 3.79. The molecule has 0 fully saturated rings. The zero-order valence-corrected chi connectivity index (χ0v) is 12.2. The van der Waals surface area contributed by atoms with Gasteiger partial charge >= 0.3 is 12.0 Å². The molecule has 0 bridgehead atoms. The molecule has 3 atom stereocenters. The number of aliphatic hydroxyl groups is 1. The third-order valence-electron chi connectivity index (χ3n) is 2.72. The Morgan fingerprint density at radius 3 is 2.00 bits per heavy atom. The predicted octanol–water partition coefficient (Wildman–Crippen LogP) is -0.294. The van der Waals surface area contributed by atoms with Gasteiger partial charge in [-0.15, -0.1) is 0 Å². The van der Waals surface area contributed by atoms with Crippen LogP contribution in [-0.4, -0.2) is 65.9 Å². The van der Waals surface area contributed by atoms with E-state index in [1.54, 1.807) is 0 Å². The highest BCUT2D eigenvalue weighted by Crippen LogP contribution is 2.03. The fourth-order valence-electron chi connectivity index (χ4n) is 1.56. The molecule has 0 aliphatic heterocycles. The molecule has 0 aromatic carbocycles. The van der Waals surface area contributed by atoms with Crippen LogP contribution in [0.25, 0.3) is 0 Å². The number of aliphatic hydroxyl groups excluding tert-OH is 1. The van der Waals surface area contributed by atoms with E-state index < -0.39 is 24.1 Å². The minimum atomic E-state index is -1.31. The van der Waals surface area contributed by atoms with Crippen LogP contribution < -0.4 is 10.6 Å². The van der Waals surface area contributed by atoms with E-state index in [9.17, 15) is 14.7 Å². The fraction of sp³-hybridized carbons (Fsp3) is 0.833. The van der Waals surface area contributed by atoms with Gasteiger partial charge in [0, 0.05) is 12.6 Å². The van der Waals surface area contributed by atoms with Gasteiger partial charge in [-0.3, -0.25) is 0 Å². The van der Waals surface area contributed by atoms with Crippen molar-refractivity contribution < 1.29 is 19.8 Å². The maximum absolute atomic E-state index is 11.7. The summed E-state index contributed by atoms with van der Waals surface area (Å²) in [5.74, 6) is -1.05. The molecule has 19 heavy (non-hydrogen) atoms. The summed E-state index contributed by atoms with van der Waals surface area (Å²) in [5, 5.41) is 23.1. The molecule has 0 heterocycles. The Kier molecular flexibility index (Phi) is 7.40. The summed E-state index contributed by atoms with van der Waals surface area (Å²) in [4.78, 5) is 24.5. The van der Waals surface area contributed by atoms with Crippen molar-refractivity contribution in [3.05, 3.63) is 0 Å². The molecule has 7 nitrogen and oxygen atoms in total. The smallest absolute Gasteiger partial charge is 0.328 e. The normalized spacial score (nSPS) is 16.0. The van der Waals surface area contributed by atoms with E-state index in [0.717, 1.165) is 0 Å². The van der Waals surface area contributed by atoms with Gasteiger partial charge in [0.15, 0.2) is 6.04 Å². The number of carboxylic acids is 1. The molecule has 0 saturated heterocycles. The number of rotatable bonds is 7. The third kappa shape index (κ3) is 6.97. The predicted molar refractivity (Wildman–Crippen MR) is 72.0 cm³/mol. The molecular weight excluding hydrogens is 250 g/mol. The number of carbonyl (C=O) groups is 2. The molecule has 1 unspecified atom stereocenters. The Morgan fingerprint density at radius 2 is 1.68 bits per heavy atom. The third-order valence-corrected chi connectivity index (χ3v) is 2.72. The van der Waals surface area contributed by atoms with Crippen molar-refractivity contribution in [1.29, 1.82) is 0 Å². The number of amides is 2. The van der Waals surface area contributed by atoms with Crippen LogP contribution in [-0.2, 0) is 4.79 Å². The molecule has 0 rings (SSSR count). The summed E-state index contributed by atoms with van der Waals surface area (Å²) in [6.07, 6.45) is -1.16. The Morgan fingerprint density at radius 1 is 1.16 bits per heavy atom. The van der Waals surface area contributed by atoms with Crippen LogP contribution in [0.1, 0.15) is 20.8 Å². The van der Waals surface area contributed by atoms with Crippen LogP contribution in [0.3, 0.4) is 0 Å². The molecular formula is C12H25N3O4. The Bertz CT molecular complexity index is 305. The second-order valence-electron chi connectivity index (χ2n) is 5.29. The van der Waals surface area contributed by atoms with Crippen LogP contribution in [0, 0.1) is 5.92 Å². The fourth-order valence-corrected chi connectivity index (χ4v) is 1.56. The number of aliphatic carboxylic acids is 1. The largest absolute Gasteiger partial charge is 0.480 e. The van der Waals surface area contributed by atoms with Crippen molar-refractivity contribution in [2.75, 3.05) is 20.6 Å². The first-order valence-electron chi connectivity index (χ1n) is 6.27. The minimum Gasteiger partial charge on any atom is -0.480 e. The van der Waals surface area contributed by atoms with Gasteiger partial charge < -0.3 is 25.7 Å². The summed E-state index contributed by atoms with van der Waals surface area (Å²) in [6, 6.07) is -2.00. The quantitative estimate of drug-likeness (QED) is 0.511. The first-order valence-corrected chi connectivity index (χ1v) is 6.27. The lowest BCUT2D eigenvalue weighted by molar-refractivity contribution is -0.141. The molecule has 0 aliphatic rings. The van der Waals surface area contributed by atoms with E-state index >= 15 is 0 Å². The maximum atomic E-state index is 11.7. The van der Waals surface area contributed by atoms with Crippen molar-refractivity contribution in [3.8, 4) is 0 Å². The number of hydrogen-bond donors (Lipinski definition) is 4. The number of nitrogens with zero attached hydrogens (tertiary/aromatic N) is 1. The maximum Gasteiger partial charge on any atom is 0.328 e. The Labute approximate surface area is 114 Å². The number of carboxylic acid groups (broad SMARTS) is 1. The monoisotopic (exact) mass is 275 g/mol. The number of carbonyl (C=O) groups excluding carboxylic acids is 1. The molecule has 2 amide bonds. The van der Waals surface area contributed by atoms with Gasteiger partial charge in [-0.25, -0.2) is 9.59 Å². The van der Waals surface area contributed by atoms with Gasteiger partial charge in [0.1, 0.15) is 0 Å². The SMILES string of the molecule is CC(C)C(CN(C)C)NC(=O)N[C@H](C(=O)O)[C@@H](C)O. The van der Waals surface area contributed by atoms with E-state index in [1.807, 2.05) is 32.8 Å². The Hall–Kier alpha value is -1.34. The Balaban J connectivity index is 4.52. The molecule has 0 saturated carbocycles. The van der Waals surface area contributed by atoms with Gasteiger partial charge in [0.2, 0.25) is 0 Å². The number of urea groups is 1. The molecule has 0 aromatic heterocycles. The topological polar surface area (TPSA) is 102 Å². The minimum absolute atomic E-state index is 0.0987. The summed E-state index contributed by atoms with van der Waals surface area (Å²) in [5.41, 5.74) is 0. The van der Waals surface area contributed by atoms with Crippen LogP contribution in [0.2, 0.25) is 0 Å². The first-order chi connectivity index (χ1) is 8.65. The average molecular weight is 275 g/mol. The van der Waals surface area contributed by atoms with Crippen LogP contribution in [0.15, 0.2) is 0 Å². The lowest BCUT2D eigenvalue weighted by Crippen LogP contribution is -2.55. The standard InChI is InChI=1S/C12H25N3O4/c1-7(2)9(6-15(4)5)13-12(19)14-10(8(3)16)11(17)18/h7-10,16H,6H2,1-5H3,(H,17,18)(H2,13,14,19)/t8-,9?,10+/m1/s1. The summed E-state index contributed by atoms with van der Waals surface area (Å²) >= 11 is 0. The molecule has 4 N–H and O–H groups in total. The molecule has 0 spiro atoms. The molecule has 0 aromatic rings. The van der Waals surface area contributed by atoms with Gasteiger partial charge in [0.25, 0.3) is 0 Å². The molecule has 0 radical (unpaired) electrons. The van der Waals surface area contributed by atoms with E-state index in [2.05, 4.69) is 10.6 Å². The zero-order chi connectivity index (χ0) is 15.2. The van der Waals surface area contributed by atoms with E-state index in [0.29, 0.717) is 6.54 Å². The van der Waals surface area contributed by atoms with Gasteiger partial charge in [-0.05, 0) is 26.9 Å². The number of nitrogens with one attached hydrogen (secondary N) is 2. The van der Waals surface area contributed by atoms with Crippen molar-refractivity contribution in [2.45, 2.75) is 39.0 Å². The van der Waals surface area contributed by atoms with E-state index in [-0.39, 0.29) is 12.0 Å². The highest BCUT2D eigenvalue weighted by atomic mass is 16.4. The lowest BCUT2D eigenvalue weighted by atomic mass is 10.0. The lowest BCUT2D eigenvalue weighted by Gasteiger charge is -2.27. The van der Waals surface area contributed by atoms with Crippen LogP contribution in [0.4, 0.5) is 4.79 Å². The average Bonchev–Trinajstić information content (AvgIpc) is 2.23. The molecule has 7 heteroatoms. The van der Waals surface area contributed by atoms with Crippen LogP contribution >= 0.6 is 0 Å². The van der Waals surface area contributed by atoms with Crippen molar-refractivity contribution in [1.82, 2.24) is 15.5 Å². The highest BCUT2D eigenvalue weighted by molar-refractivity contribution is 5.83. The van der Waals surface area contributed by atoms with Crippen LogP contribution in [0.5, 0.6) is 0 Å². The van der Waals surface area contributed by atoms with Crippen molar-refractivity contribution in [3.63, 3.8) is 0 Å². The zero-order valence-electron chi connectivity index (χ0n) is 12.2. The second kappa shape index (κ2) is 7.96. The first kappa shape index (κ1) is 17.7. The van der Waals surface area contributed by atoms with Gasteiger partial charge in [-0.2, -0.15) is 0 Å². The van der Waals surface area contributed by atoms with Gasteiger partial charge in [0.05, 0.1) is 6.10 Å².